The van der Waals surface area contributed by atoms with Gasteiger partial charge < -0.3 is 15.4 Å². The highest BCUT2D eigenvalue weighted by molar-refractivity contribution is 5.53. The van der Waals surface area contributed by atoms with Crippen molar-refractivity contribution in [2.45, 2.75) is 71.4 Å². The maximum atomic E-state index is 6.07. The van der Waals surface area contributed by atoms with Gasteiger partial charge in [-0.1, -0.05) is 25.5 Å². The number of aromatic nitrogens is 1. The number of rotatable bonds is 10. The van der Waals surface area contributed by atoms with Gasteiger partial charge >= 0.3 is 0 Å². The van der Waals surface area contributed by atoms with E-state index in [0.29, 0.717) is 6.10 Å². The van der Waals surface area contributed by atoms with Gasteiger partial charge in [-0.3, -0.25) is 4.98 Å². The van der Waals surface area contributed by atoms with Crippen LogP contribution in [-0.4, -0.2) is 24.2 Å². The van der Waals surface area contributed by atoms with Crippen LogP contribution in [0.4, 0.5) is 5.69 Å². The van der Waals surface area contributed by atoms with E-state index in [9.17, 15) is 0 Å². The predicted molar refractivity (Wildman–Crippen MR) is 117 cm³/mol. The molecule has 1 aromatic carbocycles. The van der Waals surface area contributed by atoms with Crippen molar-refractivity contribution in [3.63, 3.8) is 0 Å². The monoisotopic (exact) mass is 381 g/mol. The van der Waals surface area contributed by atoms with Crippen molar-refractivity contribution in [3.8, 4) is 5.75 Å². The molecule has 1 aliphatic rings. The molecule has 0 aliphatic heterocycles. The van der Waals surface area contributed by atoms with Gasteiger partial charge in [0.2, 0.25) is 0 Å². The van der Waals surface area contributed by atoms with Gasteiger partial charge in [-0.2, -0.15) is 0 Å². The zero-order valence-corrected chi connectivity index (χ0v) is 17.5. The molecule has 0 spiro atoms. The van der Waals surface area contributed by atoms with Crippen LogP contribution in [0.15, 0.2) is 36.5 Å². The third kappa shape index (κ3) is 6.52. The zero-order valence-electron chi connectivity index (χ0n) is 17.5. The van der Waals surface area contributed by atoms with Gasteiger partial charge in [-0.05, 0) is 87.9 Å². The summed E-state index contributed by atoms with van der Waals surface area (Å²) in [7, 11) is 0. The topological polar surface area (TPSA) is 46.2 Å². The zero-order chi connectivity index (χ0) is 19.6. The summed E-state index contributed by atoms with van der Waals surface area (Å²) in [6, 6.07) is 10.8. The van der Waals surface area contributed by atoms with Crippen molar-refractivity contribution in [1.82, 2.24) is 10.3 Å². The molecular weight excluding hydrogens is 346 g/mol. The van der Waals surface area contributed by atoms with Gasteiger partial charge in [-0.25, -0.2) is 0 Å². The first kappa shape index (κ1) is 20.7. The first-order valence-corrected chi connectivity index (χ1v) is 10.9. The molecule has 4 nitrogen and oxygen atoms in total. The van der Waals surface area contributed by atoms with Gasteiger partial charge in [0.1, 0.15) is 5.75 Å². The normalized spacial score (nSPS) is 14.8. The van der Waals surface area contributed by atoms with Crippen molar-refractivity contribution in [3.05, 3.63) is 53.3 Å². The largest absolute Gasteiger partial charge is 0.489 e. The highest BCUT2D eigenvalue weighted by Crippen LogP contribution is 2.23. The van der Waals surface area contributed by atoms with Crippen molar-refractivity contribution in [2.24, 2.45) is 0 Å². The molecule has 4 heteroatoms. The summed E-state index contributed by atoms with van der Waals surface area (Å²) in [4.78, 5) is 4.58. The van der Waals surface area contributed by atoms with Crippen LogP contribution < -0.4 is 15.4 Å². The molecule has 0 atom stereocenters. The quantitative estimate of drug-likeness (QED) is 0.551. The molecular formula is C24H35N3O. The Hall–Kier alpha value is -2.07. The molecule has 0 unspecified atom stereocenters. The van der Waals surface area contributed by atoms with Crippen molar-refractivity contribution in [1.29, 1.82) is 0 Å². The summed E-state index contributed by atoms with van der Waals surface area (Å²) >= 11 is 0. The Labute approximate surface area is 170 Å². The van der Waals surface area contributed by atoms with Crippen molar-refractivity contribution < 1.29 is 4.74 Å². The standard InChI is InChI=1S/C24H35N3O/c1-3-14-25-15-13-20-10-9-19(2)24(16-20)27-17-21-11-12-23(18-26-21)28-22-7-5-4-6-8-22/h9-12,16,18,22,25,27H,3-8,13-15,17H2,1-2H3. The summed E-state index contributed by atoms with van der Waals surface area (Å²) in [5, 5.41) is 7.02. The number of hydrogen-bond acceptors (Lipinski definition) is 4. The van der Waals surface area contributed by atoms with E-state index in [1.807, 2.05) is 6.20 Å². The first-order valence-electron chi connectivity index (χ1n) is 10.9. The number of aryl methyl sites for hydroxylation is 1. The summed E-state index contributed by atoms with van der Waals surface area (Å²) in [5.74, 6) is 0.897. The predicted octanol–water partition coefficient (Wildman–Crippen LogP) is 5.26. The number of pyridine rings is 1. The van der Waals surface area contributed by atoms with E-state index >= 15 is 0 Å². The number of benzene rings is 1. The lowest BCUT2D eigenvalue weighted by atomic mass is 9.98. The number of nitrogens with one attached hydrogen (secondary N) is 2. The summed E-state index contributed by atoms with van der Waals surface area (Å²) in [6.07, 6.45) is 10.7. The molecule has 152 valence electrons. The molecule has 2 N–H and O–H groups in total. The van der Waals surface area contributed by atoms with Gasteiger partial charge in [0.25, 0.3) is 0 Å². The van der Waals surface area contributed by atoms with E-state index in [0.717, 1.165) is 37.5 Å². The lowest BCUT2D eigenvalue weighted by Gasteiger charge is -2.22. The first-order chi connectivity index (χ1) is 13.7. The second kappa shape index (κ2) is 11.1. The fourth-order valence-corrected chi connectivity index (χ4v) is 3.70. The Kier molecular flexibility index (Phi) is 8.16. The molecule has 1 fully saturated rings. The molecule has 0 saturated heterocycles. The second-order valence-electron chi connectivity index (χ2n) is 7.87. The Morgan fingerprint density at radius 3 is 2.68 bits per heavy atom. The average Bonchev–Trinajstić information content (AvgIpc) is 2.73. The molecule has 28 heavy (non-hydrogen) atoms. The minimum atomic E-state index is 0.372. The van der Waals surface area contributed by atoms with E-state index in [1.165, 1.54) is 55.3 Å². The molecule has 1 aromatic heterocycles. The molecule has 0 radical (unpaired) electrons. The number of anilines is 1. The van der Waals surface area contributed by atoms with E-state index < -0.39 is 0 Å². The fourth-order valence-electron chi connectivity index (χ4n) is 3.70. The van der Waals surface area contributed by atoms with Crippen LogP contribution in [0.3, 0.4) is 0 Å². The molecule has 3 rings (SSSR count). The Bertz CT molecular complexity index is 708. The summed E-state index contributed by atoms with van der Waals surface area (Å²) in [6.45, 7) is 7.19. The molecule has 2 aromatic rings. The van der Waals surface area contributed by atoms with Crippen LogP contribution >= 0.6 is 0 Å². The molecule has 1 saturated carbocycles. The van der Waals surface area contributed by atoms with Crippen LogP contribution in [0.1, 0.15) is 62.3 Å². The van der Waals surface area contributed by atoms with Gasteiger partial charge in [0, 0.05) is 5.69 Å². The average molecular weight is 382 g/mol. The molecule has 0 amide bonds. The smallest absolute Gasteiger partial charge is 0.138 e. The number of nitrogens with zero attached hydrogens (tertiary/aromatic N) is 1. The molecule has 1 heterocycles. The Morgan fingerprint density at radius 2 is 1.93 bits per heavy atom. The van der Waals surface area contributed by atoms with Crippen molar-refractivity contribution in [2.75, 3.05) is 18.4 Å². The third-order valence-electron chi connectivity index (χ3n) is 5.43. The third-order valence-corrected chi connectivity index (χ3v) is 5.43. The van der Waals surface area contributed by atoms with Gasteiger partial charge in [-0.15, -0.1) is 0 Å². The Balaban J connectivity index is 1.50. The van der Waals surface area contributed by atoms with E-state index in [1.54, 1.807) is 0 Å². The van der Waals surface area contributed by atoms with Crippen LogP contribution in [-0.2, 0) is 13.0 Å². The van der Waals surface area contributed by atoms with Crippen LogP contribution in [0.25, 0.3) is 0 Å². The van der Waals surface area contributed by atoms with Crippen molar-refractivity contribution >= 4 is 5.69 Å². The molecule has 1 aliphatic carbocycles. The number of hydrogen-bond donors (Lipinski definition) is 2. The molecule has 0 bridgehead atoms. The highest BCUT2D eigenvalue weighted by Gasteiger charge is 2.14. The van der Waals surface area contributed by atoms with E-state index in [-0.39, 0.29) is 0 Å². The summed E-state index contributed by atoms with van der Waals surface area (Å²) in [5.41, 5.74) is 4.85. The maximum Gasteiger partial charge on any atom is 0.138 e. The second-order valence-corrected chi connectivity index (χ2v) is 7.87. The fraction of sp³-hybridized carbons (Fsp3) is 0.542. The minimum absolute atomic E-state index is 0.372. The van der Waals surface area contributed by atoms with Gasteiger partial charge in [0.05, 0.1) is 24.5 Å². The Morgan fingerprint density at radius 1 is 1.07 bits per heavy atom. The summed E-state index contributed by atoms with van der Waals surface area (Å²) < 4.78 is 6.07. The number of ether oxygens (including phenoxy) is 1. The lowest BCUT2D eigenvalue weighted by molar-refractivity contribution is 0.154. The SMILES string of the molecule is CCCNCCc1ccc(C)c(NCc2ccc(OC3CCCCC3)cn2)c1. The van der Waals surface area contributed by atoms with Crippen LogP contribution in [0.2, 0.25) is 0 Å². The lowest BCUT2D eigenvalue weighted by Crippen LogP contribution is -2.19. The van der Waals surface area contributed by atoms with Crippen LogP contribution in [0.5, 0.6) is 5.75 Å². The minimum Gasteiger partial charge on any atom is -0.489 e. The maximum absolute atomic E-state index is 6.07. The van der Waals surface area contributed by atoms with Crippen LogP contribution in [0, 0.1) is 6.92 Å². The highest BCUT2D eigenvalue weighted by atomic mass is 16.5. The van der Waals surface area contributed by atoms with Gasteiger partial charge in [0.15, 0.2) is 0 Å². The van der Waals surface area contributed by atoms with E-state index in [2.05, 4.69) is 59.8 Å². The van der Waals surface area contributed by atoms with E-state index in [4.69, 9.17) is 4.74 Å².